The minimum atomic E-state index is -0.374. The number of esters is 1. The van der Waals surface area contributed by atoms with Gasteiger partial charge in [0.25, 0.3) is 0 Å². The van der Waals surface area contributed by atoms with Gasteiger partial charge in [0.2, 0.25) is 5.91 Å². The molecule has 0 aliphatic heterocycles. The molecule has 2 unspecified atom stereocenters. The number of ether oxygens (including phenoxy) is 1. The second-order valence-corrected chi connectivity index (χ2v) is 5.46. The van der Waals surface area contributed by atoms with Crippen molar-refractivity contribution < 1.29 is 14.3 Å². The number of carbonyl (C=O) groups is 2. The molecule has 1 amide bonds. The van der Waals surface area contributed by atoms with E-state index in [1.807, 2.05) is 37.3 Å². The number of nitrogens with one attached hydrogen (secondary N) is 1. The molecule has 1 aromatic rings. The van der Waals surface area contributed by atoms with E-state index in [9.17, 15) is 9.59 Å². The Labute approximate surface area is 132 Å². The topological polar surface area (TPSA) is 81.4 Å². The number of amides is 1. The van der Waals surface area contributed by atoms with Gasteiger partial charge in [-0.05, 0) is 32.3 Å². The normalized spacial score (nSPS) is 13.2. The highest BCUT2D eigenvalue weighted by molar-refractivity contribution is 5.78. The lowest BCUT2D eigenvalue weighted by atomic mass is 9.99. The number of rotatable bonds is 9. The second kappa shape index (κ2) is 9.95. The summed E-state index contributed by atoms with van der Waals surface area (Å²) in [7, 11) is 0. The lowest BCUT2D eigenvalue weighted by molar-refractivity contribution is -0.147. The Hall–Kier alpha value is -1.88. The fourth-order valence-electron chi connectivity index (χ4n) is 2.08. The molecule has 22 heavy (non-hydrogen) atoms. The molecular formula is C17H26N2O3. The molecule has 3 N–H and O–H groups in total. The first-order chi connectivity index (χ1) is 10.5. The molecule has 0 radical (unpaired) electrons. The number of hydrogen-bond acceptors (Lipinski definition) is 4. The summed E-state index contributed by atoms with van der Waals surface area (Å²) < 4.78 is 5.10. The van der Waals surface area contributed by atoms with Crippen LogP contribution in [0.15, 0.2) is 30.3 Å². The summed E-state index contributed by atoms with van der Waals surface area (Å²) in [4.78, 5) is 23.8. The van der Waals surface area contributed by atoms with Crippen LogP contribution in [0.5, 0.6) is 0 Å². The van der Waals surface area contributed by atoms with Gasteiger partial charge in [0.05, 0.1) is 12.5 Å². The van der Waals surface area contributed by atoms with Gasteiger partial charge >= 0.3 is 5.97 Å². The van der Waals surface area contributed by atoms with E-state index in [0.29, 0.717) is 25.9 Å². The lowest BCUT2D eigenvalue weighted by Gasteiger charge is -2.16. The van der Waals surface area contributed by atoms with Crippen LogP contribution in [0.2, 0.25) is 0 Å². The van der Waals surface area contributed by atoms with E-state index < -0.39 is 0 Å². The van der Waals surface area contributed by atoms with E-state index in [0.717, 1.165) is 5.56 Å². The molecule has 0 saturated heterocycles. The minimum absolute atomic E-state index is 0.00378. The summed E-state index contributed by atoms with van der Waals surface area (Å²) in [5, 5.41) is 2.80. The maximum atomic E-state index is 12.0. The Balaban J connectivity index is 2.55. The molecule has 0 aromatic heterocycles. The Morgan fingerprint density at radius 2 is 1.95 bits per heavy atom. The van der Waals surface area contributed by atoms with Crippen molar-refractivity contribution in [1.29, 1.82) is 0 Å². The first-order valence-corrected chi connectivity index (χ1v) is 7.75. The van der Waals surface area contributed by atoms with Gasteiger partial charge in [-0.3, -0.25) is 9.59 Å². The molecule has 122 valence electrons. The monoisotopic (exact) mass is 306 g/mol. The van der Waals surface area contributed by atoms with Gasteiger partial charge in [0.15, 0.2) is 0 Å². The fourth-order valence-corrected chi connectivity index (χ4v) is 2.08. The molecule has 0 aliphatic rings. The Kier molecular flexibility index (Phi) is 8.22. The smallest absolute Gasteiger partial charge is 0.311 e. The van der Waals surface area contributed by atoms with Crippen LogP contribution >= 0.6 is 0 Å². The maximum Gasteiger partial charge on any atom is 0.311 e. The van der Waals surface area contributed by atoms with Crippen LogP contribution in [0, 0.1) is 5.92 Å². The first-order valence-electron chi connectivity index (χ1n) is 7.75. The van der Waals surface area contributed by atoms with Crippen molar-refractivity contribution in [2.75, 3.05) is 13.2 Å². The molecular weight excluding hydrogens is 280 g/mol. The highest BCUT2D eigenvalue weighted by Crippen LogP contribution is 2.10. The fraction of sp³-hybridized carbons (Fsp3) is 0.529. The van der Waals surface area contributed by atoms with E-state index in [1.165, 1.54) is 0 Å². The van der Waals surface area contributed by atoms with Crippen LogP contribution in [-0.4, -0.2) is 31.1 Å². The van der Waals surface area contributed by atoms with E-state index in [1.54, 1.807) is 6.92 Å². The zero-order chi connectivity index (χ0) is 16.4. The average Bonchev–Trinajstić information content (AvgIpc) is 2.50. The quantitative estimate of drug-likeness (QED) is 0.680. The van der Waals surface area contributed by atoms with Gasteiger partial charge in [-0.15, -0.1) is 0 Å². The van der Waals surface area contributed by atoms with Crippen molar-refractivity contribution in [3.63, 3.8) is 0 Å². The van der Waals surface area contributed by atoms with Crippen LogP contribution in [0.4, 0.5) is 0 Å². The third-order valence-electron chi connectivity index (χ3n) is 3.32. The molecule has 0 heterocycles. The largest absolute Gasteiger partial charge is 0.466 e. The van der Waals surface area contributed by atoms with E-state index >= 15 is 0 Å². The van der Waals surface area contributed by atoms with E-state index in [-0.39, 0.29) is 30.4 Å². The van der Waals surface area contributed by atoms with Crippen LogP contribution in [-0.2, 0) is 20.7 Å². The summed E-state index contributed by atoms with van der Waals surface area (Å²) in [5.74, 6) is -0.736. The van der Waals surface area contributed by atoms with Gasteiger partial charge < -0.3 is 15.8 Å². The molecule has 5 heteroatoms. The number of benzene rings is 1. The average molecular weight is 306 g/mol. The van der Waals surface area contributed by atoms with Gasteiger partial charge in [-0.1, -0.05) is 30.3 Å². The molecule has 0 saturated carbocycles. The number of hydrogen-bond donors (Lipinski definition) is 2. The third kappa shape index (κ3) is 7.22. The van der Waals surface area contributed by atoms with Crippen molar-refractivity contribution in [2.45, 2.75) is 39.2 Å². The van der Waals surface area contributed by atoms with Crippen molar-refractivity contribution in [2.24, 2.45) is 11.7 Å². The summed E-state index contributed by atoms with van der Waals surface area (Å²) >= 11 is 0. The van der Waals surface area contributed by atoms with Crippen molar-refractivity contribution >= 4 is 11.9 Å². The number of carbonyl (C=O) groups excluding carboxylic acids is 2. The highest BCUT2D eigenvalue weighted by atomic mass is 16.5. The molecule has 1 aromatic carbocycles. The summed E-state index contributed by atoms with van der Waals surface area (Å²) in [6, 6.07) is 9.71. The van der Waals surface area contributed by atoms with E-state index in [2.05, 4.69) is 5.32 Å². The SMILES string of the molecule is CCOC(=O)C(CNC(=O)CCC(C)N)Cc1ccccc1. The summed E-state index contributed by atoms with van der Waals surface area (Å²) in [6.07, 6.45) is 1.56. The van der Waals surface area contributed by atoms with Crippen LogP contribution < -0.4 is 11.1 Å². The van der Waals surface area contributed by atoms with Gasteiger partial charge in [-0.25, -0.2) is 0 Å². The Morgan fingerprint density at radius 1 is 1.27 bits per heavy atom. The van der Waals surface area contributed by atoms with Crippen molar-refractivity contribution in [1.82, 2.24) is 5.32 Å². The minimum Gasteiger partial charge on any atom is -0.466 e. The summed E-state index contributed by atoms with van der Waals surface area (Å²) in [6.45, 7) is 4.26. The van der Waals surface area contributed by atoms with Crippen molar-refractivity contribution in [3.8, 4) is 0 Å². The predicted octanol–water partition coefficient (Wildman–Crippen LogP) is 1.65. The molecule has 0 spiro atoms. The molecule has 0 fully saturated rings. The zero-order valence-corrected chi connectivity index (χ0v) is 13.4. The predicted molar refractivity (Wildman–Crippen MR) is 86.2 cm³/mol. The third-order valence-corrected chi connectivity index (χ3v) is 3.32. The summed E-state index contributed by atoms with van der Waals surface area (Å²) in [5.41, 5.74) is 6.68. The Bertz CT molecular complexity index is 460. The molecule has 0 aliphatic carbocycles. The van der Waals surface area contributed by atoms with Crippen LogP contribution in [0.1, 0.15) is 32.3 Å². The van der Waals surface area contributed by atoms with Crippen LogP contribution in [0.25, 0.3) is 0 Å². The molecule has 5 nitrogen and oxygen atoms in total. The first kappa shape index (κ1) is 18.2. The van der Waals surface area contributed by atoms with Gasteiger partial charge in [0, 0.05) is 19.0 Å². The molecule has 0 bridgehead atoms. The second-order valence-electron chi connectivity index (χ2n) is 5.46. The molecule has 1 rings (SSSR count). The lowest BCUT2D eigenvalue weighted by Crippen LogP contribution is -2.35. The number of nitrogens with two attached hydrogens (primary N) is 1. The Morgan fingerprint density at radius 3 is 2.55 bits per heavy atom. The van der Waals surface area contributed by atoms with Crippen molar-refractivity contribution in [3.05, 3.63) is 35.9 Å². The van der Waals surface area contributed by atoms with Gasteiger partial charge in [0.1, 0.15) is 0 Å². The standard InChI is InChI=1S/C17H26N2O3/c1-3-22-17(21)15(11-14-7-5-4-6-8-14)12-19-16(20)10-9-13(2)18/h4-8,13,15H,3,9-12,18H2,1-2H3,(H,19,20). The van der Waals surface area contributed by atoms with Gasteiger partial charge in [-0.2, -0.15) is 0 Å². The van der Waals surface area contributed by atoms with E-state index in [4.69, 9.17) is 10.5 Å². The highest BCUT2D eigenvalue weighted by Gasteiger charge is 2.21. The maximum absolute atomic E-state index is 12.0. The van der Waals surface area contributed by atoms with Crippen LogP contribution in [0.3, 0.4) is 0 Å². The zero-order valence-electron chi connectivity index (χ0n) is 13.4. The molecule has 2 atom stereocenters.